The molecule has 0 fully saturated rings. The fraction of sp³-hybridized carbons (Fsp3) is 0.500. The van der Waals surface area contributed by atoms with E-state index in [1.54, 1.807) is 0 Å². The Labute approximate surface area is 88.0 Å². The van der Waals surface area contributed by atoms with Crippen molar-refractivity contribution in [3.05, 3.63) is 23.7 Å². The van der Waals surface area contributed by atoms with Crippen LogP contribution in [0, 0.1) is 6.92 Å². The highest BCUT2D eigenvalue weighted by atomic mass is 16.5. The van der Waals surface area contributed by atoms with Crippen molar-refractivity contribution in [1.29, 1.82) is 0 Å². The molecule has 1 aromatic heterocycles. The molecule has 5 nitrogen and oxygen atoms in total. The standard InChI is InChI=1S/C10H15NO4/c1-7-3-4-8(15-7)5-11-9(6-14-2)10(12)13/h3-4,9,11H,5-6H2,1-2H3,(H,12,13). The summed E-state index contributed by atoms with van der Waals surface area (Å²) in [6.07, 6.45) is 0. The predicted octanol–water partition coefficient (Wildman–Crippen LogP) is 0.777. The summed E-state index contributed by atoms with van der Waals surface area (Å²) in [5.74, 6) is 0.598. The third-order valence-electron chi connectivity index (χ3n) is 1.95. The molecule has 0 aliphatic rings. The van der Waals surface area contributed by atoms with Gasteiger partial charge in [-0.05, 0) is 19.1 Å². The van der Waals surface area contributed by atoms with Gasteiger partial charge in [-0.25, -0.2) is 0 Å². The average molecular weight is 213 g/mol. The van der Waals surface area contributed by atoms with Gasteiger partial charge in [-0.3, -0.25) is 10.1 Å². The summed E-state index contributed by atoms with van der Waals surface area (Å²) in [5, 5.41) is 11.6. The number of methoxy groups -OCH3 is 1. The van der Waals surface area contributed by atoms with E-state index in [2.05, 4.69) is 5.32 Å². The van der Waals surface area contributed by atoms with Crippen molar-refractivity contribution in [2.75, 3.05) is 13.7 Å². The molecule has 0 saturated heterocycles. The van der Waals surface area contributed by atoms with Crippen molar-refractivity contribution in [3.8, 4) is 0 Å². The topological polar surface area (TPSA) is 71.7 Å². The third kappa shape index (κ3) is 3.73. The Bertz CT molecular complexity index is 321. The Morgan fingerprint density at radius 3 is 2.87 bits per heavy atom. The Balaban J connectivity index is 2.43. The van der Waals surface area contributed by atoms with Crippen LogP contribution in [0.3, 0.4) is 0 Å². The van der Waals surface area contributed by atoms with Gasteiger partial charge in [0.15, 0.2) is 0 Å². The first-order chi connectivity index (χ1) is 7.13. The smallest absolute Gasteiger partial charge is 0.323 e. The molecule has 0 aliphatic heterocycles. The van der Waals surface area contributed by atoms with Gasteiger partial charge in [0.25, 0.3) is 0 Å². The van der Waals surface area contributed by atoms with E-state index in [0.717, 1.165) is 11.5 Å². The van der Waals surface area contributed by atoms with E-state index >= 15 is 0 Å². The van der Waals surface area contributed by atoms with Crippen LogP contribution < -0.4 is 5.32 Å². The lowest BCUT2D eigenvalue weighted by atomic mass is 10.3. The summed E-state index contributed by atoms with van der Waals surface area (Å²) >= 11 is 0. The van der Waals surface area contributed by atoms with Crippen molar-refractivity contribution < 1.29 is 19.1 Å². The summed E-state index contributed by atoms with van der Waals surface area (Å²) in [6, 6.07) is 2.94. The lowest BCUT2D eigenvalue weighted by Gasteiger charge is -2.11. The Hall–Kier alpha value is -1.33. The summed E-state index contributed by atoms with van der Waals surface area (Å²) in [7, 11) is 1.47. The summed E-state index contributed by atoms with van der Waals surface area (Å²) < 4.78 is 10.1. The number of hydrogen-bond donors (Lipinski definition) is 2. The highest BCUT2D eigenvalue weighted by Crippen LogP contribution is 2.05. The van der Waals surface area contributed by atoms with Gasteiger partial charge >= 0.3 is 5.97 Å². The molecule has 0 bridgehead atoms. The Morgan fingerprint density at radius 1 is 1.67 bits per heavy atom. The number of nitrogens with one attached hydrogen (secondary N) is 1. The van der Waals surface area contributed by atoms with Gasteiger partial charge in [-0.1, -0.05) is 0 Å². The largest absolute Gasteiger partial charge is 0.480 e. The van der Waals surface area contributed by atoms with E-state index in [1.165, 1.54) is 7.11 Å². The zero-order valence-electron chi connectivity index (χ0n) is 8.82. The third-order valence-corrected chi connectivity index (χ3v) is 1.95. The van der Waals surface area contributed by atoms with Crippen LogP contribution in [-0.2, 0) is 16.1 Å². The van der Waals surface area contributed by atoms with E-state index in [1.807, 2.05) is 19.1 Å². The number of carbonyl (C=O) groups is 1. The fourth-order valence-electron chi connectivity index (χ4n) is 1.19. The Kier molecular flexibility index (Phi) is 4.33. The van der Waals surface area contributed by atoms with Gasteiger partial charge in [0.2, 0.25) is 0 Å². The van der Waals surface area contributed by atoms with Gasteiger partial charge in [0.05, 0.1) is 13.2 Å². The molecule has 0 saturated carbocycles. The molecule has 0 aromatic carbocycles. The number of hydrogen-bond acceptors (Lipinski definition) is 4. The van der Waals surface area contributed by atoms with Crippen LogP contribution in [0.25, 0.3) is 0 Å². The number of rotatable bonds is 6. The normalized spacial score (nSPS) is 12.7. The second-order valence-corrected chi connectivity index (χ2v) is 3.24. The SMILES string of the molecule is COCC(NCc1ccc(C)o1)C(=O)O. The van der Waals surface area contributed by atoms with Gasteiger partial charge < -0.3 is 14.3 Å². The van der Waals surface area contributed by atoms with Crippen molar-refractivity contribution in [1.82, 2.24) is 5.32 Å². The lowest BCUT2D eigenvalue weighted by Crippen LogP contribution is -2.39. The van der Waals surface area contributed by atoms with E-state index in [-0.39, 0.29) is 6.61 Å². The molecule has 1 heterocycles. The second kappa shape index (κ2) is 5.53. The highest BCUT2D eigenvalue weighted by Gasteiger charge is 2.16. The lowest BCUT2D eigenvalue weighted by molar-refractivity contribution is -0.140. The first-order valence-corrected chi connectivity index (χ1v) is 4.64. The minimum atomic E-state index is -0.930. The number of ether oxygens (including phenoxy) is 1. The van der Waals surface area contributed by atoms with Crippen LogP contribution in [0.4, 0.5) is 0 Å². The minimum absolute atomic E-state index is 0.134. The van der Waals surface area contributed by atoms with Crippen LogP contribution >= 0.6 is 0 Å². The van der Waals surface area contributed by atoms with Crippen LogP contribution in [-0.4, -0.2) is 30.8 Å². The maximum absolute atomic E-state index is 10.7. The van der Waals surface area contributed by atoms with Crippen molar-refractivity contribution in [2.45, 2.75) is 19.5 Å². The molecule has 1 aromatic rings. The molecular weight excluding hydrogens is 198 g/mol. The predicted molar refractivity (Wildman–Crippen MR) is 53.6 cm³/mol. The minimum Gasteiger partial charge on any atom is -0.480 e. The molecule has 84 valence electrons. The molecule has 0 aliphatic carbocycles. The maximum atomic E-state index is 10.7. The molecule has 5 heteroatoms. The summed E-state index contributed by atoms with van der Waals surface area (Å²) in [6.45, 7) is 2.36. The van der Waals surface area contributed by atoms with E-state index in [0.29, 0.717) is 6.54 Å². The number of carboxylic acid groups (broad SMARTS) is 1. The van der Waals surface area contributed by atoms with E-state index < -0.39 is 12.0 Å². The highest BCUT2D eigenvalue weighted by molar-refractivity contribution is 5.73. The van der Waals surface area contributed by atoms with E-state index in [9.17, 15) is 4.79 Å². The Morgan fingerprint density at radius 2 is 2.40 bits per heavy atom. The van der Waals surface area contributed by atoms with Gasteiger partial charge in [0.1, 0.15) is 17.6 Å². The first kappa shape index (κ1) is 11.7. The molecule has 0 spiro atoms. The molecule has 2 N–H and O–H groups in total. The van der Waals surface area contributed by atoms with Crippen molar-refractivity contribution in [2.24, 2.45) is 0 Å². The van der Waals surface area contributed by atoms with Gasteiger partial charge in [-0.15, -0.1) is 0 Å². The van der Waals surface area contributed by atoms with Gasteiger partial charge in [0, 0.05) is 7.11 Å². The summed E-state index contributed by atoms with van der Waals surface area (Å²) in [5.41, 5.74) is 0. The number of aliphatic carboxylic acids is 1. The zero-order chi connectivity index (χ0) is 11.3. The number of aryl methyl sites for hydroxylation is 1. The molecule has 0 radical (unpaired) electrons. The maximum Gasteiger partial charge on any atom is 0.323 e. The molecule has 1 unspecified atom stereocenters. The quantitative estimate of drug-likeness (QED) is 0.730. The molecule has 1 rings (SSSR count). The average Bonchev–Trinajstić information content (AvgIpc) is 2.58. The molecular formula is C10H15NO4. The van der Waals surface area contributed by atoms with Crippen LogP contribution in [0.15, 0.2) is 16.5 Å². The van der Waals surface area contributed by atoms with Crippen molar-refractivity contribution in [3.63, 3.8) is 0 Å². The number of furan rings is 1. The monoisotopic (exact) mass is 213 g/mol. The first-order valence-electron chi connectivity index (χ1n) is 4.64. The van der Waals surface area contributed by atoms with Crippen LogP contribution in [0.2, 0.25) is 0 Å². The fourth-order valence-corrected chi connectivity index (χ4v) is 1.19. The summed E-state index contributed by atoms with van der Waals surface area (Å²) in [4.78, 5) is 10.7. The number of carboxylic acids is 1. The van der Waals surface area contributed by atoms with E-state index in [4.69, 9.17) is 14.3 Å². The molecule has 0 amide bonds. The van der Waals surface area contributed by atoms with Crippen LogP contribution in [0.1, 0.15) is 11.5 Å². The van der Waals surface area contributed by atoms with Gasteiger partial charge in [-0.2, -0.15) is 0 Å². The molecule has 15 heavy (non-hydrogen) atoms. The van der Waals surface area contributed by atoms with Crippen LogP contribution in [0.5, 0.6) is 0 Å². The van der Waals surface area contributed by atoms with Crippen molar-refractivity contribution >= 4 is 5.97 Å². The zero-order valence-corrected chi connectivity index (χ0v) is 8.82. The second-order valence-electron chi connectivity index (χ2n) is 3.24. The molecule has 1 atom stereocenters.